The predicted molar refractivity (Wildman–Crippen MR) is 142 cm³/mol. The molecule has 0 saturated carbocycles. The molecule has 2 heterocycles. The summed E-state index contributed by atoms with van der Waals surface area (Å²) in [7, 11) is 0. The fourth-order valence-electron chi connectivity index (χ4n) is 4.26. The molecule has 5 aromatic rings. The van der Waals surface area contributed by atoms with Gasteiger partial charge >= 0.3 is 0 Å². The first kappa shape index (κ1) is 23.4. The van der Waals surface area contributed by atoms with Gasteiger partial charge in [-0.15, -0.1) is 0 Å². The fraction of sp³-hybridized carbons (Fsp3) is 0.129. The largest absolute Gasteiger partial charge is 0.349 e. The van der Waals surface area contributed by atoms with Gasteiger partial charge in [0.2, 0.25) is 5.91 Å². The highest BCUT2D eigenvalue weighted by atomic mass is 19.1. The number of nitrogens with zero attached hydrogens (tertiary/aromatic N) is 2. The molecule has 5 rings (SSSR count). The normalized spacial score (nSPS) is 11.9. The first-order valence-electron chi connectivity index (χ1n) is 11.9. The smallest absolute Gasteiger partial charge is 0.224 e. The number of aryl methyl sites for hydroxylation is 1. The number of hydrogen-bond donors (Lipinski definition) is 1. The van der Waals surface area contributed by atoms with E-state index in [1.54, 1.807) is 19.2 Å². The van der Waals surface area contributed by atoms with E-state index in [4.69, 9.17) is 0 Å². The van der Waals surface area contributed by atoms with Crippen LogP contribution in [-0.2, 0) is 11.2 Å². The van der Waals surface area contributed by atoms with Gasteiger partial charge in [-0.2, -0.15) is 0 Å². The predicted octanol–water partition coefficient (Wildman–Crippen LogP) is 6.83. The summed E-state index contributed by atoms with van der Waals surface area (Å²) in [4.78, 5) is 21.6. The van der Waals surface area contributed by atoms with Crippen molar-refractivity contribution in [3.63, 3.8) is 0 Å². The lowest BCUT2D eigenvalue weighted by Crippen LogP contribution is -2.28. The van der Waals surface area contributed by atoms with Gasteiger partial charge in [0.15, 0.2) is 5.65 Å². The van der Waals surface area contributed by atoms with Gasteiger partial charge in [0, 0.05) is 17.1 Å². The van der Waals surface area contributed by atoms with Gasteiger partial charge in [-0.1, -0.05) is 54.6 Å². The maximum atomic E-state index is 13.6. The Bertz CT molecular complexity index is 1530. The van der Waals surface area contributed by atoms with Crippen molar-refractivity contribution in [2.24, 2.45) is 0 Å². The van der Waals surface area contributed by atoms with Gasteiger partial charge < -0.3 is 5.32 Å². The maximum absolute atomic E-state index is 13.6. The van der Waals surface area contributed by atoms with Crippen LogP contribution in [0.25, 0.3) is 33.4 Å². The highest BCUT2D eigenvalue weighted by Gasteiger charge is 2.11. The molecule has 0 radical (unpaired) electrons. The zero-order valence-corrected chi connectivity index (χ0v) is 20.2. The second kappa shape index (κ2) is 10.1. The number of nitrogens with one attached hydrogen (secondary N) is 1. The van der Waals surface area contributed by atoms with Crippen LogP contribution in [0.2, 0.25) is 0 Å². The minimum atomic E-state index is -0.205. The molecule has 0 aliphatic heterocycles. The molecule has 0 saturated heterocycles. The van der Waals surface area contributed by atoms with Gasteiger partial charge in [-0.3, -0.25) is 4.79 Å². The molecule has 1 N–H and O–H groups in total. The van der Waals surface area contributed by atoms with Gasteiger partial charge in [0.05, 0.1) is 18.2 Å². The number of carbonyl (C=O) groups excluding carboxylic acids is 1. The van der Waals surface area contributed by atoms with Crippen molar-refractivity contribution in [2.75, 3.05) is 0 Å². The molecule has 0 aliphatic carbocycles. The number of halogens is 1. The Balaban J connectivity index is 1.21. The zero-order valence-electron chi connectivity index (χ0n) is 20.2. The van der Waals surface area contributed by atoms with Crippen molar-refractivity contribution in [2.45, 2.75) is 26.3 Å². The van der Waals surface area contributed by atoms with Crippen LogP contribution in [0.15, 0.2) is 97.2 Å². The molecule has 3 aromatic carbocycles. The summed E-state index contributed by atoms with van der Waals surface area (Å²) in [6.07, 6.45) is 2.03. The van der Waals surface area contributed by atoms with E-state index >= 15 is 0 Å². The van der Waals surface area contributed by atoms with E-state index in [0.29, 0.717) is 17.6 Å². The highest BCUT2D eigenvalue weighted by molar-refractivity contribution is 5.80. The summed E-state index contributed by atoms with van der Waals surface area (Å²) in [5.74, 6) is -0.245. The SMILES string of the molecule is Cc1cc(-c2ccc([C@H](C)NC(=O)Cc3ccc(-c4ccc5cccnc5n4)cc3)cc2)ccc1F. The van der Waals surface area contributed by atoms with Crippen LogP contribution in [0.4, 0.5) is 4.39 Å². The highest BCUT2D eigenvalue weighted by Crippen LogP contribution is 2.24. The Morgan fingerprint density at radius 3 is 2.36 bits per heavy atom. The molecule has 36 heavy (non-hydrogen) atoms. The molecule has 0 unspecified atom stereocenters. The second-order valence-corrected chi connectivity index (χ2v) is 9.00. The van der Waals surface area contributed by atoms with Crippen LogP contribution in [0.5, 0.6) is 0 Å². The van der Waals surface area contributed by atoms with E-state index in [-0.39, 0.29) is 17.8 Å². The van der Waals surface area contributed by atoms with Crippen molar-refractivity contribution in [3.05, 3.63) is 120 Å². The Morgan fingerprint density at radius 2 is 1.61 bits per heavy atom. The van der Waals surface area contributed by atoms with E-state index in [1.165, 1.54) is 6.07 Å². The van der Waals surface area contributed by atoms with Crippen LogP contribution >= 0.6 is 0 Å². The molecule has 4 nitrogen and oxygen atoms in total. The molecular formula is C31H26FN3O. The monoisotopic (exact) mass is 475 g/mol. The molecule has 178 valence electrons. The average Bonchev–Trinajstić information content (AvgIpc) is 2.90. The molecule has 0 fully saturated rings. The third kappa shape index (κ3) is 5.15. The van der Waals surface area contributed by atoms with E-state index in [1.807, 2.05) is 85.8 Å². The van der Waals surface area contributed by atoms with Crippen LogP contribution in [0, 0.1) is 12.7 Å². The molecule has 5 heteroatoms. The standard InChI is InChI=1S/C31H26FN3O/c1-20-18-27(13-15-28(20)32)24-11-9-23(10-12-24)21(2)34-30(36)19-22-5-7-25(8-6-22)29-16-14-26-4-3-17-33-31(26)35-29/h3-18,21H,19H2,1-2H3,(H,34,36)/t21-/m0/s1. The van der Waals surface area contributed by atoms with Crippen molar-refractivity contribution < 1.29 is 9.18 Å². The van der Waals surface area contributed by atoms with Crippen molar-refractivity contribution in [3.8, 4) is 22.4 Å². The molecule has 0 aliphatic rings. The fourth-order valence-corrected chi connectivity index (χ4v) is 4.26. The summed E-state index contributed by atoms with van der Waals surface area (Å²) in [6.45, 7) is 3.73. The number of benzene rings is 3. The van der Waals surface area contributed by atoms with Gasteiger partial charge in [-0.25, -0.2) is 14.4 Å². The summed E-state index contributed by atoms with van der Waals surface area (Å²) in [5, 5.41) is 4.08. The van der Waals surface area contributed by atoms with E-state index < -0.39 is 0 Å². The Morgan fingerprint density at radius 1 is 0.889 bits per heavy atom. The Labute approximate surface area is 209 Å². The first-order valence-corrected chi connectivity index (χ1v) is 11.9. The van der Waals surface area contributed by atoms with Gasteiger partial charge in [-0.05, 0) is 78.1 Å². The number of amides is 1. The molecule has 1 amide bonds. The van der Waals surface area contributed by atoms with Crippen LogP contribution in [-0.4, -0.2) is 15.9 Å². The summed E-state index contributed by atoms with van der Waals surface area (Å²) in [5.41, 5.74) is 7.10. The lowest BCUT2D eigenvalue weighted by Gasteiger charge is -2.15. The number of rotatable bonds is 6. The number of aromatic nitrogens is 2. The first-order chi connectivity index (χ1) is 17.5. The lowest BCUT2D eigenvalue weighted by atomic mass is 10.00. The molecule has 0 spiro atoms. The van der Waals surface area contributed by atoms with Crippen LogP contribution < -0.4 is 5.32 Å². The molecule has 1 atom stereocenters. The van der Waals surface area contributed by atoms with E-state index in [2.05, 4.69) is 15.3 Å². The van der Waals surface area contributed by atoms with Crippen LogP contribution in [0.1, 0.15) is 29.7 Å². The van der Waals surface area contributed by atoms with Crippen molar-refractivity contribution in [1.82, 2.24) is 15.3 Å². The Hall–Kier alpha value is -4.38. The number of hydrogen-bond acceptors (Lipinski definition) is 3. The topological polar surface area (TPSA) is 54.9 Å². The minimum Gasteiger partial charge on any atom is -0.349 e. The third-order valence-electron chi connectivity index (χ3n) is 6.36. The molecular weight excluding hydrogens is 449 g/mol. The summed E-state index contributed by atoms with van der Waals surface area (Å²) < 4.78 is 13.6. The second-order valence-electron chi connectivity index (χ2n) is 9.00. The van der Waals surface area contributed by atoms with E-state index in [0.717, 1.165) is 38.9 Å². The summed E-state index contributed by atoms with van der Waals surface area (Å²) >= 11 is 0. The number of pyridine rings is 2. The van der Waals surface area contributed by atoms with Crippen molar-refractivity contribution >= 4 is 16.9 Å². The van der Waals surface area contributed by atoms with Crippen molar-refractivity contribution in [1.29, 1.82) is 0 Å². The van der Waals surface area contributed by atoms with Gasteiger partial charge in [0.25, 0.3) is 0 Å². The third-order valence-corrected chi connectivity index (χ3v) is 6.36. The molecule has 0 bridgehead atoms. The average molecular weight is 476 g/mol. The minimum absolute atomic E-state index is 0.0403. The molecule has 2 aromatic heterocycles. The van der Waals surface area contributed by atoms with Gasteiger partial charge in [0.1, 0.15) is 5.82 Å². The number of carbonyl (C=O) groups is 1. The van der Waals surface area contributed by atoms with Crippen LogP contribution in [0.3, 0.4) is 0 Å². The Kier molecular flexibility index (Phi) is 6.54. The summed E-state index contributed by atoms with van der Waals surface area (Å²) in [6, 6.07) is 28.8. The quantitative estimate of drug-likeness (QED) is 0.293. The zero-order chi connectivity index (χ0) is 25.1. The lowest BCUT2D eigenvalue weighted by molar-refractivity contribution is -0.121. The maximum Gasteiger partial charge on any atom is 0.224 e. The van der Waals surface area contributed by atoms with E-state index in [9.17, 15) is 9.18 Å². The number of fused-ring (bicyclic) bond motifs is 1.